The molecule has 0 saturated heterocycles. The van der Waals surface area contributed by atoms with E-state index < -0.39 is 0 Å². The Balaban J connectivity index is 1.44. The van der Waals surface area contributed by atoms with Gasteiger partial charge in [-0.25, -0.2) is 0 Å². The fraction of sp³-hybridized carbons (Fsp3) is 0.105. The van der Waals surface area contributed by atoms with Gasteiger partial charge in [-0.1, -0.05) is 12.1 Å². The van der Waals surface area contributed by atoms with Crippen LogP contribution in [0, 0.1) is 0 Å². The molecule has 0 aliphatic carbocycles. The highest BCUT2D eigenvalue weighted by Gasteiger charge is 2.08. The van der Waals surface area contributed by atoms with E-state index in [4.69, 9.17) is 4.42 Å². The Morgan fingerprint density at radius 1 is 1.16 bits per heavy atom. The number of fused-ring (bicyclic) bond motifs is 1. The van der Waals surface area contributed by atoms with Crippen LogP contribution in [0.2, 0.25) is 0 Å². The molecule has 1 N–H and O–H groups in total. The summed E-state index contributed by atoms with van der Waals surface area (Å²) in [6.07, 6.45) is 3.28. The van der Waals surface area contributed by atoms with Crippen molar-refractivity contribution in [2.75, 3.05) is 0 Å². The first-order chi connectivity index (χ1) is 12.2. The first kappa shape index (κ1) is 15.1. The average Bonchev–Trinajstić information content (AvgIpc) is 3.30. The average molecular weight is 332 g/mol. The van der Waals surface area contributed by atoms with E-state index >= 15 is 0 Å². The Morgan fingerprint density at radius 2 is 2.00 bits per heavy atom. The number of carbonyl (C=O) groups is 1. The van der Waals surface area contributed by atoms with Gasteiger partial charge in [-0.15, -0.1) is 10.2 Å². The van der Waals surface area contributed by atoms with Gasteiger partial charge in [0.15, 0.2) is 0 Å². The number of amides is 1. The topological polar surface area (TPSA) is 73.0 Å². The second kappa shape index (κ2) is 6.24. The van der Waals surface area contributed by atoms with Crippen molar-refractivity contribution >= 4 is 16.8 Å². The zero-order valence-electron chi connectivity index (χ0n) is 13.6. The molecular weight excluding hydrogens is 316 g/mol. The van der Waals surface area contributed by atoms with Crippen LogP contribution in [0.25, 0.3) is 22.4 Å². The summed E-state index contributed by atoms with van der Waals surface area (Å²) in [4.78, 5) is 12.4. The number of aromatic nitrogens is 3. The lowest BCUT2D eigenvalue weighted by Gasteiger charge is -2.06. The van der Waals surface area contributed by atoms with Crippen LogP contribution in [-0.2, 0) is 13.6 Å². The molecule has 0 atom stereocenters. The maximum Gasteiger partial charge on any atom is 0.251 e. The highest BCUT2D eigenvalue weighted by molar-refractivity contribution is 5.98. The number of hydrogen-bond donors (Lipinski definition) is 1. The summed E-state index contributed by atoms with van der Waals surface area (Å²) in [5.41, 5.74) is 3.61. The van der Waals surface area contributed by atoms with Crippen LogP contribution in [-0.4, -0.2) is 20.7 Å². The van der Waals surface area contributed by atoms with Crippen molar-refractivity contribution in [1.82, 2.24) is 20.1 Å². The molecule has 0 unspecified atom stereocenters. The number of rotatable bonds is 4. The molecule has 2 aromatic heterocycles. The second-order valence-electron chi connectivity index (χ2n) is 5.82. The highest BCUT2D eigenvalue weighted by atomic mass is 16.4. The van der Waals surface area contributed by atoms with Gasteiger partial charge in [0.25, 0.3) is 5.91 Å². The molecule has 2 heterocycles. The lowest BCUT2D eigenvalue weighted by molar-refractivity contribution is 0.0951. The summed E-state index contributed by atoms with van der Waals surface area (Å²) in [6.45, 7) is 0.454. The lowest BCUT2D eigenvalue weighted by Crippen LogP contribution is -2.22. The normalized spacial score (nSPS) is 10.9. The summed E-state index contributed by atoms with van der Waals surface area (Å²) in [5, 5.41) is 11.5. The van der Waals surface area contributed by atoms with Gasteiger partial charge >= 0.3 is 0 Å². The van der Waals surface area contributed by atoms with Crippen molar-refractivity contribution < 1.29 is 9.21 Å². The van der Waals surface area contributed by atoms with Crippen LogP contribution in [0.3, 0.4) is 0 Å². The largest absolute Gasteiger partial charge is 0.423 e. The van der Waals surface area contributed by atoms with Crippen LogP contribution in [0.5, 0.6) is 0 Å². The third-order valence-electron chi connectivity index (χ3n) is 4.16. The lowest BCUT2D eigenvalue weighted by atomic mass is 10.1. The number of carbonyl (C=O) groups excluding carboxylic acids is 1. The van der Waals surface area contributed by atoms with Gasteiger partial charge in [0.05, 0.1) is 0 Å². The molecule has 6 nitrogen and oxygen atoms in total. The van der Waals surface area contributed by atoms with Gasteiger partial charge in [0, 0.05) is 41.8 Å². The number of aryl methyl sites for hydroxylation is 1. The van der Waals surface area contributed by atoms with E-state index in [2.05, 4.69) is 15.5 Å². The van der Waals surface area contributed by atoms with E-state index in [-0.39, 0.29) is 5.91 Å². The first-order valence-corrected chi connectivity index (χ1v) is 7.89. The Morgan fingerprint density at radius 3 is 2.76 bits per heavy atom. The summed E-state index contributed by atoms with van der Waals surface area (Å²) in [7, 11) is 1.99. The molecule has 0 saturated carbocycles. The highest BCUT2D eigenvalue weighted by Crippen LogP contribution is 2.18. The minimum absolute atomic E-state index is 0.0910. The third-order valence-corrected chi connectivity index (χ3v) is 4.16. The zero-order valence-corrected chi connectivity index (χ0v) is 13.6. The zero-order chi connectivity index (χ0) is 17.2. The van der Waals surface area contributed by atoms with E-state index in [1.54, 1.807) is 0 Å². The smallest absolute Gasteiger partial charge is 0.251 e. The summed E-state index contributed by atoms with van der Waals surface area (Å²) in [6, 6.07) is 15.4. The number of nitrogens with zero attached hydrogens (tertiary/aromatic N) is 3. The molecule has 0 bridgehead atoms. The van der Waals surface area contributed by atoms with Crippen molar-refractivity contribution in [3.05, 3.63) is 72.2 Å². The van der Waals surface area contributed by atoms with Crippen LogP contribution in [0.4, 0.5) is 0 Å². The molecule has 4 aromatic rings. The quantitative estimate of drug-likeness (QED) is 0.623. The number of nitrogens with one attached hydrogen (secondary N) is 1. The summed E-state index contributed by atoms with van der Waals surface area (Å²) >= 11 is 0. The molecule has 4 rings (SSSR count). The van der Waals surface area contributed by atoms with E-state index in [1.807, 2.05) is 66.3 Å². The molecule has 2 aromatic carbocycles. The maximum absolute atomic E-state index is 12.4. The fourth-order valence-corrected chi connectivity index (χ4v) is 2.77. The Hall–Kier alpha value is -3.41. The van der Waals surface area contributed by atoms with Crippen LogP contribution < -0.4 is 5.32 Å². The Labute approximate surface area is 144 Å². The minimum Gasteiger partial charge on any atom is -0.423 e. The van der Waals surface area contributed by atoms with Crippen molar-refractivity contribution in [2.45, 2.75) is 6.54 Å². The molecule has 25 heavy (non-hydrogen) atoms. The van der Waals surface area contributed by atoms with Gasteiger partial charge in [-0.05, 0) is 42.0 Å². The molecular formula is C19H16N4O2. The maximum atomic E-state index is 12.4. The SMILES string of the molecule is Cn1ccc2cc(C(=O)NCc3ccc(-c4nnco4)cc3)ccc21. The second-order valence-corrected chi connectivity index (χ2v) is 5.82. The van der Waals surface area contributed by atoms with E-state index in [0.29, 0.717) is 18.0 Å². The molecule has 1 amide bonds. The fourth-order valence-electron chi connectivity index (χ4n) is 2.77. The predicted molar refractivity (Wildman–Crippen MR) is 93.8 cm³/mol. The molecule has 0 spiro atoms. The Bertz CT molecular complexity index is 1020. The molecule has 6 heteroatoms. The van der Waals surface area contributed by atoms with E-state index in [0.717, 1.165) is 22.0 Å². The van der Waals surface area contributed by atoms with Crippen molar-refractivity contribution in [2.24, 2.45) is 7.05 Å². The van der Waals surface area contributed by atoms with Crippen LogP contribution >= 0.6 is 0 Å². The molecule has 0 aliphatic heterocycles. The van der Waals surface area contributed by atoms with Gasteiger partial charge in [0.2, 0.25) is 12.3 Å². The van der Waals surface area contributed by atoms with Gasteiger partial charge in [-0.3, -0.25) is 4.79 Å². The van der Waals surface area contributed by atoms with E-state index in [1.165, 1.54) is 6.39 Å². The van der Waals surface area contributed by atoms with Crippen LogP contribution in [0.1, 0.15) is 15.9 Å². The monoisotopic (exact) mass is 332 g/mol. The number of hydrogen-bond acceptors (Lipinski definition) is 4. The van der Waals surface area contributed by atoms with Crippen molar-refractivity contribution in [1.29, 1.82) is 0 Å². The van der Waals surface area contributed by atoms with Crippen molar-refractivity contribution in [3.8, 4) is 11.5 Å². The first-order valence-electron chi connectivity index (χ1n) is 7.89. The standard InChI is InChI=1S/C19H16N4O2/c1-23-9-8-15-10-16(6-7-17(15)23)18(24)20-11-13-2-4-14(5-3-13)19-22-21-12-25-19/h2-10,12H,11H2,1H3,(H,20,24). The third kappa shape index (κ3) is 3.01. The van der Waals surface area contributed by atoms with Crippen LogP contribution in [0.15, 0.2) is 65.5 Å². The Kier molecular flexibility index (Phi) is 3.78. The van der Waals surface area contributed by atoms with Gasteiger partial charge < -0.3 is 14.3 Å². The molecule has 0 aliphatic rings. The van der Waals surface area contributed by atoms with Crippen molar-refractivity contribution in [3.63, 3.8) is 0 Å². The summed E-state index contributed by atoms with van der Waals surface area (Å²) in [5.74, 6) is 0.387. The molecule has 0 fully saturated rings. The summed E-state index contributed by atoms with van der Waals surface area (Å²) < 4.78 is 7.19. The van der Waals surface area contributed by atoms with E-state index in [9.17, 15) is 4.79 Å². The minimum atomic E-state index is -0.0910. The van der Waals surface area contributed by atoms with Gasteiger partial charge in [0.1, 0.15) is 0 Å². The molecule has 0 radical (unpaired) electrons. The molecule has 124 valence electrons. The predicted octanol–water partition coefficient (Wildman–Crippen LogP) is 3.16. The van der Waals surface area contributed by atoms with Gasteiger partial charge in [-0.2, -0.15) is 0 Å². The number of benzene rings is 2.